The molecule has 0 aliphatic carbocycles. The largest absolute Gasteiger partial charge is 0.371 e. The third-order valence-corrected chi connectivity index (χ3v) is 5.50. The van der Waals surface area contributed by atoms with E-state index in [2.05, 4.69) is 9.62 Å². The number of carbonyl (C=O) groups is 1. The number of ketones is 1. The fourth-order valence-electron chi connectivity index (χ4n) is 2.68. The molecule has 0 saturated carbocycles. The minimum absolute atomic E-state index is 0.102. The number of hydrogen-bond acceptors (Lipinski definition) is 5. The van der Waals surface area contributed by atoms with Crippen LogP contribution in [0.2, 0.25) is 0 Å². The quantitative estimate of drug-likeness (QED) is 0.910. The molecular weight excluding hydrogens is 338 g/mol. The van der Waals surface area contributed by atoms with Gasteiger partial charge in [0.1, 0.15) is 5.78 Å². The van der Waals surface area contributed by atoms with Crippen LogP contribution in [0.25, 0.3) is 0 Å². The maximum atomic E-state index is 12.4. The molecule has 7 heteroatoms. The number of hydrogen-bond donors (Lipinski definition) is 1. The molecule has 1 heterocycles. The van der Waals surface area contributed by atoms with Crippen molar-refractivity contribution in [2.24, 2.45) is 0 Å². The Labute approximate surface area is 146 Å². The average molecular weight is 355 g/mol. The van der Waals surface area contributed by atoms with E-state index in [1.165, 1.54) is 24.3 Å². The summed E-state index contributed by atoms with van der Waals surface area (Å²) in [6, 6.07) is 14.8. The molecule has 25 heavy (non-hydrogen) atoms. The van der Waals surface area contributed by atoms with E-state index in [-0.39, 0.29) is 10.7 Å². The van der Waals surface area contributed by atoms with Gasteiger partial charge in [-0.15, -0.1) is 0 Å². The van der Waals surface area contributed by atoms with Gasteiger partial charge in [-0.3, -0.25) is 9.52 Å². The molecule has 1 saturated heterocycles. The molecule has 2 aromatic carbocycles. The van der Waals surface area contributed by atoms with Crippen molar-refractivity contribution in [3.8, 4) is 6.07 Å². The van der Waals surface area contributed by atoms with E-state index in [0.29, 0.717) is 37.2 Å². The number of piperidine rings is 1. The fourth-order valence-corrected chi connectivity index (χ4v) is 3.74. The van der Waals surface area contributed by atoms with E-state index in [4.69, 9.17) is 5.26 Å². The first-order valence-electron chi connectivity index (χ1n) is 7.88. The van der Waals surface area contributed by atoms with E-state index >= 15 is 0 Å². The van der Waals surface area contributed by atoms with E-state index in [1.54, 1.807) is 12.1 Å². The maximum absolute atomic E-state index is 12.4. The smallest absolute Gasteiger partial charge is 0.261 e. The van der Waals surface area contributed by atoms with E-state index in [9.17, 15) is 13.2 Å². The molecule has 1 aliphatic heterocycles. The predicted octanol–water partition coefficient (Wildman–Crippen LogP) is 2.53. The van der Waals surface area contributed by atoms with Crippen LogP contribution < -0.4 is 9.62 Å². The second-order valence-corrected chi connectivity index (χ2v) is 7.50. The van der Waals surface area contributed by atoms with Crippen LogP contribution in [0.15, 0.2) is 53.4 Å². The SMILES string of the molecule is N#Cc1ccc(S(=O)(=O)Nc2ccc(N3CCC(=O)CC3)cc2)cc1. The number of nitrogens with one attached hydrogen (secondary N) is 1. The standard InChI is InChI=1S/C18H17N3O3S/c19-13-14-1-7-18(8-2-14)25(23,24)20-15-3-5-16(6-4-15)21-11-9-17(22)10-12-21/h1-8,20H,9-12H2. The first-order chi connectivity index (χ1) is 12.0. The molecule has 0 unspecified atom stereocenters. The highest BCUT2D eigenvalue weighted by Gasteiger charge is 2.17. The normalized spacial score (nSPS) is 14.8. The van der Waals surface area contributed by atoms with Gasteiger partial charge < -0.3 is 4.90 Å². The van der Waals surface area contributed by atoms with Crippen LogP contribution in [-0.4, -0.2) is 27.3 Å². The summed E-state index contributed by atoms with van der Waals surface area (Å²) >= 11 is 0. The van der Waals surface area contributed by atoms with Crippen LogP contribution in [0, 0.1) is 11.3 Å². The highest BCUT2D eigenvalue weighted by molar-refractivity contribution is 7.92. The van der Waals surface area contributed by atoms with E-state index < -0.39 is 10.0 Å². The van der Waals surface area contributed by atoms with Crippen LogP contribution in [-0.2, 0) is 14.8 Å². The van der Waals surface area contributed by atoms with Crippen LogP contribution in [0.5, 0.6) is 0 Å². The molecule has 1 fully saturated rings. The molecule has 0 atom stereocenters. The number of rotatable bonds is 4. The lowest BCUT2D eigenvalue weighted by atomic mass is 10.1. The molecule has 1 N–H and O–H groups in total. The van der Waals surface area contributed by atoms with Gasteiger partial charge in [-0.2, -0.15) is 5.26 Å². The minimum atomic E-state index is -3.70. The summed E-state index contributed by atoms with van der Waals surface area (Å²) in [6.45, 7) is 1.38. The summed E-state index contributed by atoms with van der Waals surface area (Å²) in [5.41, 5.74) is 1.83. The van der Waals surface area contributed by atoms with Crippen LogP contribution in [0.3, 0.4) is 0 Å². The van der Waals surface area contributed by atoms with Gasteiger partial charge in [0.2, 0.25) is 0 Å². The predicted molar refractivity (Wildman–Crippen MR) is 94.9 cm³/mol. The summed E-state index contributed by atoms with van der Waals surface area (Å²) in [5, 5.41) is 8.78. The lowest BCUT2D eigenvalue weighted by molar-refractivity contribution is -0.119. The zero-order valence-corrected chi connectivity index (χ0v) is 14.3. The van der Waals surface area contributed by atoms with Gasteiger partial charge in [0.15, 0.2) is 0 Å². The topological polar surface area (TPSA) is 90.3 Å². The molecule has 0 aromatic heterocycles. The molecule has 0 bridgehead atoms. The summed E-state index contributed by atoms with van der Waals surface area (Å²) < 4.78 is 27.3. The van der Waals surface area contributed by atoms with Gasteiger partial charge in [-0.25, -0.2) is 8.42 Å². The van der Waals surface area contributed by atoms with Gasteiger partial charge in [-0.1, -0.05) is 0 Å². The van der Waals surface area contributed by atoms with E-state index in [0.717, 1.165) is 5.69 Å². The third-order valence-electron chi connectivity index (χ3n) is 4.10. The summed E-state index contributed by atoms with van der Waals surface area (Å²) in [7, 11) is -3.70. The first kappa shape index (κ1) is 17.0. The third kappa shape index (κ3) is 3.98. The molecule has 6 nitrogen and oxygen atoms in total. The molecular formula is C18H17N3O3S. The van der Waals surface area contributed by atoms with E-state index in [1.807, 2.05) is 18.2 Å². The van der Waals surface area contributed by atoms with Gasteiger partial charge in [-0.05, 0) is 48.5 Å². The van der Waals surface area contributed by atoms with Crippen molar-refractivity contribution in [2.75, 3.05) is 22.7 Å². The van der Waals surface area contributed by atoms with Crippen molar-refractivity contribution in [3.05, 3.63) is 54.1 Å². The minimum Gasteiger partial charge on any atom is -0.371 e. The van der Waals surface area contributed by atoms with Crippen molar-refractivity contribution in [1.82, 2.24) is 0 Å². The lowest BCUT2D eigenvalue weighted by Gasteiger charge is -2.28. The molecule has 0 spiro atoms. The Morgan fingerprint density at radius 2 is 1.56 bits per heavy atom. The molecule has 1 aliphatic rings. The van der Waals surface area contributed by atoms with Gasteiger partial charge >= 0.3 is 0 Å². The van der Waals surface area contributed by atoms with Crippen molar-refractivity contribution in [3.63, 3.8) is 0 Å². The molecule has 0 amide bonds. The van der Waals surface area contributed by atoms with Crippen molar-refractivity contribution >= 4 is 27.2 Å². The first-order valence-corrected chi connectivity index (χ1v) is 9.36. The Kier molecular flexibility index (Phi) is 4.72. The number of anilines is 2. The molecule has 0 radical (unpaired) electrons. The average Bonchev–Trinajstić information content (AvgIpc) is 2.63. The lowest BCUT2D eigenvalue weighted by Crippen LogP contribution is -2.33. The number of Topliss-reactive ketones (excluding diaryl/α,β-unsaturated/α-hetero) is 1. The van der Waals surface area contributed by atoms with Crippen LogP contribution in [0.1, 0.15) is 18.4 Å². The van der Waals surface area contributed by atoms with Gasteiger partial charge in [0, 0.05) is 37.3 Å². The monoisotopic (exact) mass is 355 g/mol. The molecule has 2 aromatic rings. The summed E-state index contributed by atoms with van der Waals surface area (Å²) in [5.74, 6) is 0.281. The Balaban J connectivity index is 1.72. The number of carbonyl (C=O) groups excluding carboxylic acids is 1. The number of benzene rings is 2. The molecule has 128 valence electrons. The second-order valence-electron chi connectivity index (χ2n) is 5.81. The second kappa shape index (κ2) is 6.95. The van der Waals surface area contributed by atoms with Crippen molar-refractivity contribution in [1.29, 1.82) is 5.26 Å². The highest BCUT2D eigenvalue weighted by Crippen LogP contribution is 2.23. The fraction of sp³-hybridized carbons (Fsp3) is 0.222. The van der Waals surface area contributed by atoms with Gasteiger partial charge in [0.05, 0.1) is 16.5 Å². The zero-order valence-electron chi connectivity index (χ0n) is 13.5. The summed E-state index contributed by atoms with van der Waals surface area (Å²) in [6.07, 6.45) is 1.10. The number of sulfonamides is 1. The Hall–Kier alpha value is -2.85. The molecule has 3 rings (SSSR count). The highest BCUT2D eigenvalue weighted by atomic mass is 32.2. The zero-order chi connectivity index (χ0) is 17.9. The Morgan fingerprint density at radius 3 is 2.12 bits per heavy atom. The van der Waals surface area contributed by atoms with Crippen molar-refractivity contribution < 1.29 is 13.2 Å². The van der Waals surface area contributed by atoms with Crippen LogP contribution in [0.4, 0.5) is 11.4 Å². The Bertz CT molecular complexity index is 904. The Morgan fingerprint density at radius 1 is 0.960 bits per heavy atom. The van der Waals surface area contributed by atoms with Gasteiger partial charge in [0.25, 0.3) is 10.0 Å². The number of nitrogens with zero attached hydrogens (tertiary/aromatic N) is 2. The summed E-state index contributed by atoms with van der Waals surface area (Å²) in [4.78, 5) is 13.5. The van der Waals surface area contributed by atoms with Crippen LogP contribution >= 0.6 is 0 Å². The van der Waals surface area contributed by atoms with Crippen molar-refractivity contribution in [2.45, 2.75) is 17.7 Å². The maximum Gasteiger partial charge on any atom is 0.261 e. The number of nitriles is 1.